The summed E-state index contributed by atoms with van der Waals surface area (Å²) in [7, 11) is 0. The highest BCUT2D eigenvalue weighted by Crippen LogP contribution is 2.23. The van der Waals surface area contributed by atoms with Crippen molar-refractivity contribution in [1.29, 1.82) is 0 Å². The first-order valence-electron chi connectivity index (χ1n) is 5.58. The van der Waals surface area contributed by atoms with Crippen LogP contribution in [0, 0.1) is 0 Å². The van der Waals surface area contributed by atoms with Gasteiger partial charge in [0.05, 0.1) is 6.04 Å². The van der Waals surface area contributed by atoms with Crippen LogP contribution in [-0.4, -0.2) is 24.0 Å². The van der Waals surface area contributed by atoms with Crippen LogP contribution in [0.15, 0.2) is 24.3 Å². The fraction of sp³-hybridized carbons (Fsp3) is 0.417. The van der Waals surface area contributed by atoms with Gasteiger partial charge in [-0.2, -0.15) is 0 Å². The monoisotopic (exact) mass is 219 g/mol. The number of urea groups is 1. The molecule has 3 N–H and O–H groups in total. The van der Waals surface area contributed by atoms with Crippen LogP contribution >= 0.6 is 0 Å². The number of amides is 2. The molecule has 4 heteroatoms. The summed E-state index contributed by atoms with van der Waals surface area (Å²) in [5.41, 5.74) is 7.56. The second-order valence-corrected chi connectivity index (χ2v) is 4.12. The lowest BCUT2D eigenvalue weighted by Crippen LogP contribution is -2.47. The Kier molecular flexibility index (Phi) is 2.99. The predicted octanol–water partition coefficient (Wildman–Crippen LogP) is 1.75. The topological polar surface area (TPSA) is 58.4 Å². The van der Waals surface area contributed by atoms with Gasteiger partial charge in [-0.15, -0.1) is 0 Å². The largest absolute Gasteiger partial charge is 0.399 e. The van der Waals surface area contributed by atoms with E-state index < -0.39 is 0 Å². The van der Waals surface area contributed by atoms with Crippen LogP contribution < -0.4 is 11.1 Å². The molecular formula is C12H17N3O. The second-order valence-electron chi connectivity index (χ2n) is 4.12. The molecule has 0 aromatic heterocycles. The van der Waals surface area contributed by atoms with Gasteiger partial charge in [0, 0.05) is 18.8 Å². The molecule has 1 aromatic carbocycles. The third kappa shape index (κ3) is 2.10. The van der Waals surface area contributed by atoms with Crippen LogP contribution in [0.25, 0.3) is 0 Å². The van der Waals surface area contributed by atoms with Crippen LogP contribution in [0.5, 0.6) is 0 Å². The summed E-state index contributed by atoms with van der Waals surface area (Å²) in [5, 5.41) is 2.85. The molecule has 1 aliphatic heterocycles. The number of nitrogens with one attached hydrogen (secondary N) is 1. The van der Waals surface area contributed by atoms with Crippen molar-refractivity contribution >= 4 is 11.7 Å². The van der Waals surface area contributed by atoms with Gasteiger partial charge in [-0.05, 0) is 31.0 Å². The molecule has 1 aliphatic rings. The van der Waals surface area contributed by atoms with Gasteiger partial charge in [0.2, 0.25) is 0 Å². The molecule has 16 heavy (non-hydrogen) atoms. The van der Waals surface area contributed by atoms with Gasteiger partial charge in [0.1, 0.15) is 0 Å². The molecule has 0 bridgehead atoms. The van der Waals surface area contributed by atoms with Crippen molar-refractivity contribution in [3.05, 3.63) is 29.8 Å². The zero-order valence-corrected chi connectivity index (χ0v) is 9.44. The molecule has 2 amide bonds. The lowest BCUT2D eigenvalue weighted by atomic mass is 10.1. The third-order valence-corrected chi connectivity index (χ3v) is 2.97. The number of rotatable bonds is 2. The fourth-order valence-electron chi connectivity index (χ4n) is 2.02. The van der Waals surface area contributed by atoms with Crippen LogP contribution in [0.2, 0.25) is 0 Å². The Labute approximate surface area is 95.4 Å². The Morgan fingerprint density at radius 3 is 3.00 bits per heavy atom. The zero-order valence-electron chi connectivity index (χ0n) is 9.44. The predicted molar refractivity (Wildman–Crippen MR) is 64.0 cm³/mol. The van der Waals surface area contributed by atoms with Crippen molar-refractivity contribution in [3.8, 4) is 0 Å². The van der Waals surface area contributed by atoms with Crippen molar-refractivity contribution in [3.63, 3.8) is 0 Å². The van der Waals surface area contributed by atoms with E-state index in [4.69, 9.17) is 5.73 Å². The first-order valence-corrected chi connectivity index (χ1v) is 5.58. The summed E-state index contributed by atoms with van der Waals surface area (Å²) in [6.07, 6.45) is 0.998. The number of nitrogens with zero attached hydrogens (tertiary/aromatic N) is 1. The third-order valence-electron chi connectivity index (χ3n) is 2.97. The van der Waals surface area contributed by atoms with Crippen molar-refractivity contribution in [2.24, 2.45) is 0 Å². The highest BCUT2D eigenvalue weighted by molar-refractivity contribution is 5.75. The second kappa shape index (κ2) is 4.43. The van der Waals surface area contributed by atoms with Crippen LogP contribution in [0.4, 0.5) is 10.5 Å². The Hall–Kier alpha value is -1.71. The molecule has 4 nitrogen and oxygen atoms in total. The van der Waals surface area contributed by atoms with E-state index >= 15 is 0 Å². The molecule has 0 spiro atoms. The first-order chi connectivity index (χ1) is 7.68. The van der Waals surface area contributed by atoms with E-state index in [0.717, 1.165) is 30.8 Å². The van der Waals surface area contributed by atoms with E-state index in [1.54, 1.807) is 0 Å². The van der Waals surface area contributed by atoms with Crippen molar-refractivity contribution in [1.82, 2.24) is 10.2 Å². The normalized spacial score (nSPS) is 18.1. The summed E-state index contributed by atoms with van der Waals surface area (Å²) < 4.78 is 0. The van der Waals surface area contributed by atoms with E-state index in [1.165, 1.54) is 0 Å². The molecule has 1 fully saturated rings. The number of hydrogen-bond acceptors (Lipinski definition) is 2. The Morgan fingerprint density at radius 2 is 2.31 bits per heavy atom. The number of nitrogens with two attached hydrogens (primary N) is 1. The number of nitrogen functional groups attached to an aromatic ring is 1. The molecule has 0 saturated carbocycles. The molecule has 1 saturated heterocycles. The maximum atomic E-state index is 11.7. The Bertz CT molecular complexity index is 392. The highest BCUT2D eigenvalue weighted by atomic mass is 16.2. The number of benzene rings is 1. The zero-order chi connectivity index (χ0) is 11.5. The van der Waals surface area contributed by atoms with Gasteiger partial charge in [-0.25, -0.2) is 4.79 Å². The van der Waals surface area contributed by atoms with Crippen molar-refractivity contribution in [2.75, 3.05) is 18.8 Å². The van der Waals surface area contributed by atoms with E-state index in [1.807, 2.05) is 36.1 Å². The summed E-state index contributed by atoms with van der Waals surface area (Å²) in [5.74, 6) is 0. The van der Waals surface area contributed by atoms with E-state index in [9.17, 15) is 4.79 Å². The molecule has 86 valence electrons. The molecule has 1 aromatic rings. The van der Waals surface area contributed by atoms with Crippen LogP contribution in [0.3, 0.4) is 0 Å². The quantitative estimate of drug-likeness (QED) is 0.744. The average Bonchev–Trinajstić information content (AvgIpc) is 2.29. The van der Waals surface area contributed by atoms with Gasteiger partial charge in [-0.1, -0.05) is 12.1 Å². The van der Waals surface area contributed by atoms with E-state index in [-0.39, 0.29) is 12.1 Å². The minimum Gasteiger partial charge on any atom is -0.399 e. The van der Waals surface area contributed by atoms with Gasteiger partial charge in [0.15, 0.2) is 0 Å². The Balaban J connectivity index is 2.17. The van der Waals surface area contributed by atoms with Crippen molar-refractivity contribution < 1.29 is 4.79 Å². The summed E-state index contributed by atoms with van der Waals surface area (Å²) in [6, 6.07) is 7.79. The molecule has 2 rings (SSSR count). The standard InChI is InChI=1S/C12H17N3O/c1-9(10-4-2-5-11(13)8-10)15-7-3-6-14-12(15)16/h2,4-5,8-9H,3,6-7,13H2,1H3,(H,14,16). The average molecular weight is 219 g/mol. The minimum atomic E-state index is 0.0150. The lowest BCUT2D eigenvalue weighted by Gasteiger charge is -2.33. The number of anilines is 1. The minimum absolute atomic E-state index is 0.0150. The maximum Gasteiger partial charge on any atom is 0.317 e. The SMILES string of the molecule is CC(c1cccc(N)c1)N1CCCNC1=O. The van der Waals surface area contributed by atoms with E-state index in [2.05, 4.69) is 5.32 Å². The molecular weight excluding hydrogens is 202 g/mol. The van der Waals surface area contributed by atoms with Crippen LogP contribution in [-0.2, 0) is 0 Å². The van der Waals surface area contributed by atoms with Gasteiger partial charge < -0.3 is 16.0 Å². The van der Waals surface area contributed by atoms with Crippen LogP contribution in [0.1, 0.15) is 24.9 Å². The molecule has 1 atom stereocenters. The van der Waals surface area contributed by atoms with E-state index in [0.29, 0.717) is 0 Å². The highest BCUT2D eigenvalue weighted by Gasteiger charge is 2.23. The first kappa shape index (κ1) is 10.8. The summed E-state index contributed by atoms with van der Waals surface area (Å²) in [4.78, 5) is 13.5. The molecule has 0 radical (unpaired) electrons. The van der Waals surface area contributed by atoms with Gasteiger partial charge in [0.25, 0.3) is 0 Å². The maximum absolute atomic E-state index is 11.7. The summed E-state index contributed by atoms with van der Waals surface area (Å²) in [6.45, 7) is 3.61. The number of hydrogen-bond donors (Lipinski definition) is 2. The van der Waals surface area contributed by atoms with Crippen molar-refractivity contribution in [2.45, 2.75) is 19.4 Å². The number of carbonyl (C=O) groups excluding carboxylic acids is 1. The fourth-order valence-corrected chi connectivity index (χ4v) is 2.02. The smallest absolute Gasteiger partial charge is 0.317 e. The lowest BCUT2D eigenvalue weighted by molar-refractivity contribution is 0.166. The van der Waals surface area contributed by atoms with Gasteiger partial charge in [-0.3, -0.25) is 0 Å². The molecule has 0 aliphatic carbocycles. The Morgan fingerprint density at radius 1 is 1.50 bits per heavy atom. The molecule has 1 unspecified atom stereocenters. The van der Waals surface area contributed by atoms with Gasteiger partial charge >= 0.3 is 6.03 Å². The number of carbonyl (C=O) groups is 1. The summed E-state index contributed by atoms with van der Waals surface area (Å²) >= 11 is 0. The molecule has 1 heterocycles.